The Balaban J connectivity index is 0.000000459. The third kappa shape index (κ3) is 10.4. The van der Waals surface area contributed by atoms with Gasteiger partial charge in [-0.1, -0.05) is 42.1 Å². The molecule has 0 bridgehead atoms. The van der Waals surface area contributed by atoms with E-state index >= 15 is 0 Å². The molecular formula is C29H37N3O6S. The van der Waals surface area contributed by atoms with Gasteiger partial charge in [-0.3, -0.25) is 0 Å². The second kappa shape index (κ2) is 15.9. The molecule has 2 aliphatic heterocycles. The van der Waals surface area contributed by atoms with Crippen molar-refractivity contribution < 1.29 is 29.3 Å². The summed E-state index contributed by atoms with van der Waals surface area (Å²) >= 11 is 1.86. The van der Waals surface area contributed by atoms with Gasteiger partial charge in [0.2, 0.25) is 0 Å². The van der Waals surface area contributed by atoms with Crippen molar-refractivity contribution in [2.45, 2.75) is 31.1 Å². The zero-order valence-corrected chi connectivity index (χ0v) is 23.3. The van der Waals surface area contributed by atoms with Crippen LogP contribution in [-0.4, -0.2) is 90.2 Å². The summed E-state index contributed by atoms with van der Waals surface area (Å²) in [5.41, 5.74) is 3.76. The van der Waals surface area contributed by atoms with Gasteiger partial charge in [-0.15, -0.1) is 0 Å². The SMILES string of the molecule is COc1ccc(CCOCCN2CCC(N(C)C3=Nc4ccccc4CS3)CC2)cc1.O=C(O)C=CC(=O)O. The maximum Gasteiger partial charge on any atom is 0.328 e. The number of nitrogens with zero attached hydrogens (tertiary/aromatic N) is 3. The number of fused-ring (bicyclic) bond motifs is 1. The third-order valence-corrected chi connectivity index (χ3v) is 7.68. The van der Waals surface area contributed by atoms with Crippen LogP contribution in [0.1, 0.15) is 24.0 Å². The number of ether oxygens (including phenoxy) is 2. The Kier molecular flexibility index (Phi) is 12.3. The van der Waals surface area contributed by atoms with Gasteiger partial charge in [0.25, 0.3) is 0 Å². The van der Waals surface area contributed by atoms with Gasteiger partial charge < -0.3 is 29.5 Å². The van der Waals surface area contributed by atoms with Crippen LogP contribution in [0.5, 0.6) is 5.75 Å². The number of thioether (sulfide) groups is 1. The van der Waals surface area contributed by atoms with Crippen molar-refractivity contribution in [3.8, 4) is 5.75 Å². The lowest BCUT2D eigenvalue weighted by Gasteiger charge is -2.38. The van der Waals surface area contributed by atoms with E-state index in [0.29, 0.717) is 18.2 Å². The second-order valence-electron chi connectivity index (χ2n) is 9.22. The summed E-state index contributed by atoms with van der Waals surface area (Å²) in [6.07, 6.45) is 4.43. The Labute approximate surface area is 234 Å². The number of rotatable bonds is 10. The van der Waals surface area contributed by atoms with Crippen molar-refractivity contribution in [3.63, 3.8) is 0 Å². The van der Waals surface area contributed by atoms with Gasteiger partial charge >= 0.3 is 11.9 Å². The molecular weight excluding hydrogens is 518 g/mol. The highest BCUT2D eigenvalue weighted by molar-refractivity contribution is 8.13. The van der Waals surface area contributed by atoms with Gasteiger partial charge in [0.1, 0.15) is 5.75 Å². The Morgan fingerprint density at radius 3 is 2.36 bits per heavy atom. The predicted octanol–water partition coefficient (Wildman–Crippen LogP) is 4.30. The molecule has 0 radical (unpaired) electrons. The van der Waals surface area contributed by atoms with E-state index in [4.69, 9.17) is 24.7 Å². The van der Waals surface area contributed by atoms with Crippen LogP contribution < -0.4 is 4.74 Å². The van der Waals surface area contributed by atoms with Gasteiger partial charge in [0, 0.05) is 50.6 Å². The number of carboxylic acid groups (broad SMARTS) is 2. The highest BCUT2D eigenvalue weighted by Gasteiger charge is 2.26. The molecule has 2 N–H and O–H groups in total. The number of carbonyl (C=O) groups is 2. The molecule has 0 aromatic heterocycles. The van der Waals surface area contributed by atoms with Crippen molar-refractivity contribution in [2.24, 2.45) is 4.99 Å². The van der Waals surface area contributed by atoms with Crippen molar-refractivity contribution in [2.75, 3.05) is 47.0 Å². The minimum Gasteiger partial charge on any atom is -0.497 e. The average Bonchev–Trinajstić information content (AvgIpc) is 2.96. The number of benzene rings is 2. The fourth-order valence-corrected chi connectivity index (χ4v) is 5.35. The van der Waals surface area contributed by atoms with Crippen LogP contribution >= 0.6 is 11.8 Å². The molecule has 4 rings (SSSR count). The molecule has 0 spiro atoms. The van der Waals surface area contributed by atoms with Crippen LogP contribution in [-0.2, 0) is 26.5 Å². The van der Waals surface area contributed by atoms with Gasteiger partial charge in [0.05, 0.1) is 26.0 Å². The number of para-hydroxylation sites is 1. The smallest absolute Gasteiger partial charge is 0.328 e. The summed E-state index contributed by atoms with van der Waals surface area (Å²) in [6, 6.07) is 17.3. The van der Waals surface area contributed by atoms with E-state index in [1.54, 1.807) is 7.11 Å². The monoisotopic (exact) mass is 555 g/mol. The lowest BCUT2D eigenvalue weighted by molar-refractivity contribution is -0.134. The largest absolute Gasteiger partial charge is 0.497 e. The molecule has 2 aliphatic rings. The fraction of sp³-hybridized carbons (Fsp3) is 0.414. The van der Waals surface area contributed by atoms with Crippen LogP contribution in [0.15, 0.2) is 65.7 Å². The first-order valence-corrected chi connectivity index (χ1v) is 13.9. The Morgan fingerprint density at radius 2 is 1.72 bits per heavy atom. The Morgan fingerprint density at radius 1 is 1.05 bits per heavy atom. The number of aliphatic carboxylic acids is 2. The van der Waals surface area contributed by atoms with Crippen molar-refractivity contribution in [1.82, 2.24) is 9.80 Å². The summed E-state index contributed by atoms with van der Waals surface area (Å²) in [7, 11) is 3.91. The fourth-order valence-electron chi connectivity index (χ4n) is 4.31. The summed E-state index contributed by atoms with van der Waals surface area (Å²) in [4.78, 5) is 29.0. The van der Waals surface area contributed by atoms with Crippen LogP contribution in [0.2, 0.25) is 0 Å². The molecule has 0 amide bonds. The second-order valence-corrected chi connectivity index (χ2v) is 10.2. The van der Waals surface area contributed by atoms with Crippen molar-refractivity contribution in [3.05, 3.63) is 71.8 Å². The molecule has 0 aliphatic carbocycles. The number of methoxy groups -OCH3 is 1. The van der Waals surface area contributed by atoms with Crippen LogP contribution in [0.4, 0.5) is 5.69 Å². The van der Waals surface area contributed by atoms with E-state index in [2.05, 4.69) is 53.2 Å². The van der Waals surface area contributed by atoms with Crippen LogP contribution in [0.3, 0.4) is 0 Å². The summed E-state index contributed by atoms with van der Waals surface area (Å²) < 4.78 is 11.1. The molecule has 210 valence electrons. The lowest BCUT2D eigenvalue weighted by Crippen LogP contribution is -2.45. The number of carboxylic acids is 2. The first-order valence-electron chi connectivity index (χ1n) is 12.9. The summed E-state index contributed by atoms with van der Waals surface area (Å²) in [5, 5.41) is 16.8. The van der Waals surface area contributed by atoms with E-state index in [1.165, 1.54) is 29.1 Å². The molecule has 0 atom stereocenters. The standard InChI is InChI=1S/C25H33N3O2S.C4H4O4/c1-27(25-26-24-6-4-3-5-21(24)19-31-25)22-11-14-28(15-12-22)16-18-30-17-13-20-7-9-23(29-2)10-8-20;5-3(6)1-2-4(7)8/h3-10,22H,11-19H2,1-2H3;1-2H,(H,5,6)(H,7,8). The number of piperidine rings is 1. The third-order valence-electron chi connectivity index (χ3n) is 6.59. The first-order chi connectivity index (χ1) is 18.9. The predicted molar refractivity (Wildman–Crippen MR) is 154 cm³/mol. The number of hydrogen-bond donors (Lipinski definition) is 2. The molecule has 1 fully saturated rings. The molecule has 2 heterocycles. The van der Waals surface area contributed by atoms with Crippen LogP contribution in [0.25, 0.3) is 0 Å². The van der Waals surface area contributed by atoms with E-state index in [-0.39, 0.29) is 0 Å². The van der Waals surface area contributed by atoms with E-state index in [0.717, 1.165) is 56.5 Å². The zero-order valence-electron chi connectivity index (χ0n) is 22.5. The Hall–Kier alpha value is -3.34. The van der Waals surface area contributed by atoms with E-state index in [1.807, 2.05) is 23.9 Å². The number of amidine groups is 1. The number of aliphatic imine (C=N–C) groups is 1. The van der Waals surface area contributed by atoms with Gasteiger partial charge in [0.15, 0.2) is 5.17 Å². The minimum atomic E-state index is -1.26. The van der Waals surface area contributed by atoms with Gasteiger partial charge in [-0.2, -0.15) is 0 Å². The van der Waals surface area contributed by atoms with E-state index in [9.17, 15) is 9.59 Å². The molecule has 1 saturated heterocycles. The number of hydrogen-bond acceptors (Lipinski definition) is 8. The molecule has 39 heavy (non-hydrogen) atoms. The lowest BCUT2D eigenvalue weighted by atomic mass is 10.0. The first kappa shape index (κ1) is 30.2. The molecule has 9 nitrogen and oxygen atoms in total. The average molecular weight is 556 g/mol. The quantitative estimate of drug-likeness (QED) is 0.327. The molecule has 0 unspecified atom stereocenters. The molecule has 10 heteroatoms. The highest BCUT2D eigenvalue weighted by atomic mass is 32.2. The highest BCUT2D eigenvalue weighted by Crippen LogP contribution is 2.32. The molecule has 2 aromatic rings. The minimum absolute atomic E-state index is 0.558. The zero-order chi connectivity index (χ0) is 28.0. The van der Waals surface area contributed by atoms with E-state index < -0.39 is 11.9 Å². The maximum absolute atomic E-state index is 9.55. The maximum atomic E-state index is 9.55. The topological polar surface area (TPSA) is 112 Å². The van der Waals surface area contributed by atoms with Gasteiger partial charge in [-0.25, -0.2) is 14.6 Å². The molecule has 2 aromatic carbocycles. The van der Waals surface area contributed by atoms with Crippen molar-refractivity contribution >= 4 is 34.6 Å². The summed E-state index contributed by atoms with van der Waals surface area (Å²) in [5.74, 6) is -0.594. The van der Waals surface area contributed by atoms with Crippen molar-refractivity contribution in [1.29, 1.82) is 0 Å². The van der Waals surface area contributed by atoms with Crippen LogP contribution in [0, 0.1) is 0 Å². The summed E-state index contributed by atoms with van der Waals surface area (Å²) in [6.45, 7) is 4.85. The normalized spacial score (nSPS) is 15.6. The number of likely N-dealkylation sites (tertiary alicyclic amines) is 1. The molecule has 0 saturated carbocycles. The Bertz CT molecular complexity index is 1110. The van der Waals surface area contributed by atoms with Gasteiger partial charge in [-0.05, 0) is 48.6 Å².